The number of amides is 1. The van der Waals surface area contributed by atoms with E-state index in [1.165, 1.54) is 24.9 Å². The van der Waals surface area contributed by atoms with Crippen LogP contribution >= 0.6 is 0 Å². The molecule has 0 spiro atoms. The van der Waals surface area contributed by atoms with E-state index in [-0.39, 0.29) is 0 Å². The van der Waals surface area contributed by atoms with Gasteiger partial charge < -0.3 is 15.6 Å². The molecule has 1 atom stereocenters. The highest BCUT2D eigenvalue weighted by molar-refractivity contribution is 6.14. The summed E-state index contributed by atoms with van der Waals surface area (Å²) in [6, 6.07) is 12.6. The lowest BCUT2D eigenvalue weighted by Gasteiger charge is -2.35. The van der Waals surface area contributed by atoms with Crippen molar-refractivity contribution in [1.82, 2.24) is 15.0 Å². The lowest BCUT2D eigenvalue weighted by atomic mass is 10.0. The molecule has 0 unspecified atom stereocenters. The second-order valence-corrected chi connectivity index (χ2v) is 8.22. The number of primary amides is 1. The van der Waals surface area contributed by atoms with Crippen molar-refractivity contribution in [2.24, 2.45) is 5.73 Å². The molecule has 3 N–H and O–H groups in total. The van der Waals surface area contributed by atoms with Crippen LogP contribution in [-0.4, -0.2) is 33.4 Å². The van der Waals surface area contributed by atoms with Gasteiger partial charge in [-0.25, -0.2) is 4.98 Å². The fraction of sp³-hybridized carbons (Fsp3) is 0.292. The number of fused-ring (bicyclic) bond motifs is 3. The fourth-order valence-electron chi connectivity index (χ4n) is 4.47. The number of aromatic amines is 1. The Kier molecular flexibility index (Phi) is 4.42. The van der Waals surface area contributed by atoms with Crippen LogP contribution in [0.5, 0.6) is 0 Å². The zero-order valence-corrected chi connectivity index (χ0v) is 17.3. The molecule has 0 aliphatic carbocycles. The lowest BCUT2D eigenvalue weighted by molar-refractivity contribution is 0.100. The summed E-state index contributed by atoms with van der Waals surface area (Å²) in [6.45, 7) is 5.29. The van der Waals surface area contributed by atoms with E-state index in [0.29, 0.717) is 22.8 Å². The number of nitrogens with two attached hydrogens (primary N) is 1. The molecule has 0 bridgehead atoms. The van der Waals surface area contributed by atoms with Crippen molar-refractivity contribution in [1.29, 1.82) is 0 Å². The maximum absolute atomic E-state index is 12.2. The van der Waals surface area contributed by atoms with Crippen molar-refractivity contribution < 1.29 is 4.79 Å². The minimum absolute atomic E-state index is 0.444. The predicted molar refractivity (Wildman–Crippen MR) is 121 cm³/mol. The van der Waals surface area contributed by atoms with Gasteiger partial charge in [-0.05, 0) is 69.5 Å². The minimum atomic E-state index is -0.472. The number of carbonyl (C=O) groups is 1. The third kappa shape index (κ3) is 3.09. The minimum Gasteiger partial charge on any atom is -0.369 e. The number of carbonyl (C=O) groups excluding carboxylic acids is 1. The van der Waals surface area contributed by atoms with Crippen molar-refractivity contribution in [3.05, 3.63) is 53.9 Å². The van der Waals surface area contributed by atoms with E-state index in [2.05, 4.69) is 40.0 Å². The summed E-state index contributed by atoms with van der Waals surface area (Å²) in [7, 11) is 0. The Morgan fingerprint density at radius 2 is 2.07 bits per heavy atom. The molecule has 1 aliphatic heterocycles. The second-order valence-electron chi connectivity index (χ2n) is 8.22. The van der Waals surface area contributed by atoms with Crippen molar-refractivity contribution in [3.63, 3.8) is 0 Å². The van der Waals surface area contributed by atoms with Crippen molar-refractivity contribution in [2.75, 3.05) is 11.4 Å². The van der Waals surface area contributed by atoms with Crippen LogP contribution in [0.1, 0.15) is 42.2 Å². The molecule has 152 valence electrons. The normalized spacial score (nSPS) is 17.0. The van der Waals surface area contributed by atoms with E-state index in [4.69, 9.17) is 10.7 Å². The first-order valence-corrected chi connectivity index (χ1v) is 10.5. The average molecular weight is 399 g/mol. The summed E-state index contributed by atoms with van der Waals surface area (Å²) in [5, 5.41) is 0.989. The van der Waals surface area contributed by atoms with E-state index in [1.54, 1.807) is 12.3 Å². The zero-order valence-electron chi connectivity index (χ0n) is 17.3. The van der Waals surface area contributed by atoms with Gasteiger partial charge >= 0.3 is 0 Å². The molecule has 0 radical (unpaired) electrons. The maximum Gasteiger partial charge on any atom is 0.250 e. The molecule has 1 aromatic carbocycles. The summed E-state index contributed by atoms with van der Waals surface area (Å²) in [4.78, 5) is 27.3. The van der Waals surface area contributed by atoms with E-state index >= 15 is 0 Å². The number of hydrogen-bond acceptors (Lipinski definition) is 4. The second kappa shape index (κ2) is 7.13. The zero-order chi connectivity index (χ0) is 20.8. The number of anilines is 1. The molecule has 1 aliphatic rings. The number of H-pyrrole nitrogens is 1. The molecule has 4 heterocycles. The highest BCUT2D eigenvalue weighted by Gasteiger charge is 2.21. The smallest absolute Gasteiger partial charge is 0.250 e. The topological polar surface area (TPSA) is 87.9 Å². The Morgan fingerprint density at radius 3 is 2.80 bits per heavy atom. The van der Waals surface area contributed by atoms with Crippen LogP contribution in [0, 0.1) is 6.92 Å². The molecule has 1 amide bonds. The van der Waals surface area contributed by atoms with Crippen LogP contribution in [0.15, 0.2) is 42.6 Å². The van der Waals surface area contributed by atoms with Crippen LogP contribution in [0.25, 0.3) is 33.2 Å². The Bertz CT molecular complexity index is 1260. The van der Waals surface area contributed by atoms with Gasteiger partial charge in [-0.3, -0.25) is 9.78 Å². The number of aromatic nitrogens is 3. The predicted octanol–water partition coefficient (Wildman–Crippen LogP) is 4.56. The van der Waals surface area contributed by atoms with Crippen LogP contribution in [0.3, 0.4) is 0 Å². The first kappa shape index (κ1) is 18.6. The fourth-order valence-corrected chi connectivity index (χ4v) is 4.47. The Hall–Kier alpha value is -3.41. The highest BCUT2D eigenvalue weighted by Crippen LogP contribution is 2.33. The van der Waals surface area contributed by atoms with Crippen LogP contribution in [0.2, 0.25) is 0 Å². The molecule has 6 heteroatoms. The molecule has 1 saturated heterocycles. The molecule has 4 aromatic rings. The van der Waals surface area contributed by atoms with Gasteiger partial charge in [0.05, 0.1) is 27.8 Å². The van der Waals surface area contributed by atoms with Gasteiger partial charge in [0.1, 0.15) is 0 Å². The highest BCUT2D eigenvalue weighted by atomic mass is 16.1. The number of pyridine rings is 2. The first-order valence-electron chi connectivity index (χ1n) is 10.5. The molecule has 30 heavy (non-hydrogen) atoms. The molecule has 6 nitrogen and oxygen atoms in total. The van der Waals surface area contributed by atoms with Gasteiger partial charge in [0.2, 0.25) is 0 Å². The van der Waals surface area contributed by atoms with Gasteiger partial charge in [-0.2, -0.15) is 0 Å². The van der Waals surface area contributed by atoms with Crippen LogP contribution < -0.4 is 10.6 Å². The quantitative estimate of drug-likeness (QED) is 0.528. The number of benzene rings is 1. The molecule has 0 saturated carbocycles. The lowest BCUT2D eigenvalue weighted by Crippen LogP contribution is -2.37. The first-order chi connectivity index (χ1) is 14.5. The average Bonchev–Trinajstić information content (AvgIpc) is 3.11. The third-order valence-electron chi connectivity index (χ3n) is 6.14. The van der Waals surface area contributed by atoms with Gasteiger partial charge in [-0.1, -0.05) is 0 Å². The number of piperidine rings is 1. The van der Waals surface area contributed by atoms with Gasteiger partial charge in [0.15, 0.2) is 0 Å². The van der Waals surface area contributed by atoms with Gasteiger partial charge in [0, 0.05) is 41.1 Å². The summed E-state index contributed by atoms with van der Waals surface area (Å²) in [6.07, 6.45) is 5.50. The molecule has 3 aromatic heterocycles. The number of rotatable bonds is 3. The monoisotopic (exact) mass is 399 g/mol. The van der Waals surface area contributed by atoms with E-state index in [9.17, 15) is 4.79 Å². The Balaban J connectivity index is 1.69. The van der Waals surface area contributed by atoms with Crippen LogP contribution in [-0.2, 0) is 0 Å². The standard InChI is InChI=1S/C24H25N5O/c1-14-6-7-16(13-26-14)20-12-19(24(25)30)23-22(27-20)18-9-8-17(11-21(18)28-23)29-10-4-3-5-15(29)2/h6-9,11-13,15,28H,3-5,10H2,1-2H3,(H2,25,30)/t15-/m0/s1. The Labute approximate surface area is 175 Å². The molecular formula is C24H25N5O. The Morgan fingerprint density at radius 1 is 1.20 bits per heavy atom. The third-order valence-corrected chi connectivity index (χ3v) is 6.14. The number of aryl methyl sites for hydroxylation is 1. The van der Waals surface area contributed by atoms with Gasteiger partial charge in [-0.15, -0.1) is 0 Å². The maximum atomic E-state index is 12.2. The SMILES string of the molecule is Cc1ccc(-c2cc(C(N)=O)c3[nH]c4cc(N5CCCC[C@@H]5C)ccc4c3n2)cn1. The molecule has 5 rings (SSSR count). The summed E-state index contributed by atoms with van der Waals surface area (Å²) < 4.78 is 0. The number of nitrogens with one attached hydrogen (secondary N) is 1. The molecule has 1 fully saturated rings. The van der Waals surface area contributed by atoms with Crippen molar-refractivity contribution >= 4 is 33.5 Å². The van der Waals surface area contributed by atoms with E-state index < -0.39 is 5.91 Å². The van der Waals surface area contributed by atoms with Crippen LogP contribution in [0.4, 0.5) is 5.69 Å². The number of nitrogens with zero attached hydrogens (tertiary/aromatic N) is 3. The van der Waals surface area contributed by atoms with E-state index in [0.717, 1.165) is 34.2 Å². The summed E-state index contributed by atoms with van der Waals surface area (Å²) >= 11 is 0. The van der Waals surface area contributed by atoms with Crippen molar-refractivity contribution in [3.8, 4) is 11.3 Å². The number of hydrogen-bond donors (Lipinski definition) is 2. The van der Waals surface area contributed by atoms with Crippen molar-refractivity contribution in [2.45, 2.75) is 39.2 Å². The van der Waals surface area contributed by atoms with E-state index in [1.807, 2.05) is 19.1 Å². The molecular weight excluding hydrogens is 374 g/mol. The largest absolute Gasteiger partial charge is 0.369 e. The van der Waals surface area contributed by atoms with Gasteiger partial charge in [0.25, 0.3) is 5.91 Å². The summed E-state index contributed by atoms with van der Waals surface area (Å²) in [5.74, 6) is -0.472. The summed E-state index contributed by atoms with van der Waals surface area (Å²) in [5.41, 5.74) is 12.3.